The lowest BCUT2D eigenvalue weighted by Gasteiger charge is -2.30. The quantitative estimate of drug-likeness (QED) is 0.660. The van der Waals surface area contributed by atoms with Crippen molar-refractivity contribution < 1.29 is 23.9 Å². The van der Waals surface area contributed by atoms with Gasteiger partial charge >= 0.3 is 0 Å². The molecule has 2 aliphatic rings. The summed E-state index contributed by atoms with van der Waals surface area (Å²) < 4.78 is 12.3. The standard InChI is InChI=1S/C29H37N3O5/c1-29(2,3)17-26(33)31-25-13-8-14-30-27(34)20-9-7-12-23(15-20)36-19-21-16-24(18-32(21)28(25)35)37-22-10-5-4-6-11-22/h4-7,9-12,15,21,24-25H,8,13-14,16-19H2,1-3H3,(H,30,34)(H,31,33)/t21-,24-,25-/m0/s1. The second-order valence-electron chi connectivity index (χ2n) is 11.0. The van der Waals surface area contributed by atoms with Gasteiger partial charge in [0.15, 0.2) is 0 Å². The van der Waals surface area contributed by atoms with Crippen molar-refractivity contribution in [2.24, 2.45) is 5.41 Å². The average Bonchev–Trinajstić information content (AvgIpc) is 3.25. The number of carbonyl (C=O) groups is 3. The summed E-state index contributed by atoms with van der Waals surface area (Å²) in [5, 5.41) is 5.88. The zero-order valence-corrected chi connectivity index (χ0v) is 21.9. The van der Waals surface area contributed by atoms with Crippen LogP contribution in [0.2, 0.25) is 0 Å². The van der Waals surface area contributed by atoms with E-state index in [9.17, 15) is 14.4 Å². The first kappa shape index (κ1) is 26.5. The van der Waals surface area contributed by atoms with Gasteiger partial charge in [0.05, 0.1) is 12.6 Å². The average molecular weight is 508 g/mol. The molecule has 1 fully saturated rings. The molecule has 8 heteroatoms. The number of nitrogens with zero attached hydrogens (tertiary/aromatic N) is 1. The molecular formula is C29H37N3O5. The molecule has 4 rings (SSSR count). The third-order valence-corrected chi connectivity index (χ3v) is 6.52. The summed E-state index contributed by atoms with van der Waals surface area (Å²) >= 11 is 0. The molecule has 2 aromatic rings. The number of ether oxygens (including phenoxy) is 2. The third kappa shape index (κ3) is 7.47. The summed E-state index contributed by atoms with van der Waals surface area (Å²) in [4.78, 5) is 41.1. The molecule has 2 N–H and O–H groups in total. The molecule has 0 saturated carbocycles. The highest BCUT2D eigenvalue weighted by atomic mass is 16.5. The van der Waals surface area contributed by atoms with Gasteiger partial charge in [-0.05, 0) is 48.6 Å². The fraction of sp³-hybridized carbons (Fsp3) is 0.483. The first-order chi connectivity index (χ1) is 17.7. The van der Waals surface area contributed by atoms with Crippen molar-refractivity contribution in [3.05, 3.63) is 60.2 Å². The maximum absolute atomic E-state index is 13.8. The molecule has 1 saturated heterocycles. The van der Waals surface area contributed by atoms with E-state index in [1.807, 2.05) is 51.1 Å². The minimum absolute atomic E-state index is 0.146. The Morgan fingerprint density at radius 2 is 1.92 bits per heavy atom. The van der Waals surface area contributed by atoms with Crippen LogP contribution < -0.4 is 20.1 Å². The van der Waals surface area contributed by atoms with Crippen LogP contribution in [0.4, 0.5) is 0 Å². The lowest BCUT2D eigenvalue weighted by molar-refractivity contribution is -0.138. The van der Waals surface area contributed by atoms with Crippen LogP contribution >= 0.6 is 0 Å². The van der Waals surface area contributed by atoms with Crippen molar-refractivity contribution in [3.8, 4) is 11.5 Å². The molecule has 0 radical (unpaired) electrons. The summed E-state index contributed by atoms with van der Waals surface area (Å²) in [6.07, 6.45) is 1.69. The summed E-state index contributed by atoms with van der Waals surface area (Å²) in [6, 6.07) is 15.7. The van der Waals surface area contributed by atoms with E-state index in [-0.39, 0.29) is 41.9 Å². The summed E-state index contributed by atoms with van der Waals surface area (Å²) in [5.41, 5.74) is 0.322. The summed E-state index contributed by atoms with van der Waals surface area (Å²) in [7, 11) is 0. The van der Waals surface area contributed by atoms with E-state index in [0.717, 1.165) is 5.75 Å². The molecule has 2 bridgehead atoms. The fourth-order valence-corrected chi connectivity index (χ4v) is 4.79. The Hall–Kier alpha value is -3.55. The lowest BCUT2D eigenvalue weighted by atomic mass is 9.91. The Morgan fingerprint density at radius 3 is 2.68 bits per heavy atom. The molecule has 198 valence electrons. The Bertz CT molecular complexity index is 1100. The van der Waals surface area contributed by atoms with Crippen LogP contribution in [0.25, 0.3) is 0 Å². The molecule has 0 unspecified atom stereocenters. The minimum atomic E-state index is -0.689. The maximum atomic E-state index is 13.8. The van der Waals surface area contributed by atoms with Crippen molar-refractivity contribution in [2.75, 3.05) is 19.7 Å². The second kappa shape index (κ2) is 11.7. The molecule has 0 aliphatic carbocycles. The fourth-order valence-electron chi connectivity index (χ4n) is 4.79. The molecule has 2 aromatic carbocycles. The van der Waals surface area contributed by atoms with Crippen molar-refractivity contribution in [2.45, 2.75) is 64.6 Å². The Kier molecular flexibility index (Phi) is 8.36. The van der Waals surface area contributed by atoms with E-state index in [1.54, 1.807) is 29.2 Å². The normalized spacial score (nSPS) is 22.8. The van der Waals surface area contributed by atoms with Gasteiger partial charge in [-0.15, -0.1) is 0 Å². The van der Waals surface area contributed by atoms with Crippen LogP contribution in [0.1, 0.15) is 56.8 Å². The third-order valence-electron chi connectivity index (χ3n) is 6.52. The van der Waals surface area contributed by atoms with E-state index in [0.29, 0.717) is 50.1 Å². The number of amides is 3. The number of rotatable bonds is 4. The minimum Gasteiger partial charge on any atom is -0.491 e. The van der Waals surface area contributed by atoms with Gasteiger partial charge in [0.1, 0.15) is 30.3 Å². The number of para-hydroxylation sites is 1. The largest absolute Gasteiger partial charge is 0.491 e. The Morgan fingerprint density at radius 1 is 1.14 bits per heavy atom. The van der Waals surface area contributed by atoms with Crippen LogP contribution in [0, 0.1) is 5.41 Å². The molecular weight excluding hydrogens is 470 g/mol. The zero-order chi connectivity index (χ0) is 26.4. The first-order valence-corrected chi connectivity index (χ1v) is 13.0. The van der Waals surface area contributed by atoms with Crippen molar-refractivity contribution in [1.82, 2.24) is 15.5 Å². The van der Waals surface area contributed by atoms with E-state index in [4.69, 9.17) is 9.47 Å². The summed E-state index contributed by atoms with van der Waals surface area (Å²) in [6.45, 7) is 7.03. The maximum Gasteiger partial charge on any atom is 0.251 e. The van der Waals surface area contributed by atoms with E-state index >= 15 is 0 Å². The highest BCUT2D eigenvalue weighted by Gasteiger charge is 2.40. The smallest absolute Gasteiger partial charge is 0.251 e. The highest BCUT2D eigenvalue weighted by Crippen LogP contribution is 2.26. The highest BCUT2D eigenvalue weighted by molar-refractivity contribution is 5.94. The van der Waals surface area contributed by atoms with Crippen LogP contribution in [0.15, 0.2) is 54.6 Å². The Labute approximate surface area is 218 Å². The molecule has 3 atom stereocenters. The topological polar surface area (TPSA) is 97.0 Å². The van der Waals surface area contributed by atoms with Crippen molar-refractivity contribution in [3.63, 3.8) is 0 Å². The van der Waals surface area contributed by atoms with Crippen LogP contribution in [0.3, 0.4) is 0 Å². The predicted octanol–water partition coefficient (Wildman–Crippen LogP) is 3.56. The van der Waals surface area contributed by atoms with E-state index in [2.05, 4.69) is 10.6 Å². The number of fused-ring (bicyclic) bond motifs is 3. The zero-order valence-electron chi connectivity index (χ0n) is 21.9. The molecule has 2 aliphatic heterocycles. The van der Waals surface area contributed by atoms with Gasteiger partial charge in [-0.25, -0.2) is 0 Å². The van der Waals surface area contributed by atoms with Gasteiger partial charge in [0.2, 0.25) is 11.8 Å². The monoisotopic (exact) mass is 507 g/mol. The van der Waals surface area contributed by atoms with E-state index in [1.165, 1.54) is 0 Å². The van der Waals surface area contributed by atoms with Gasteiger partial charge in [-0.1, -0.05) is 45.0 Å². The van der Waals surface area contributed by atoms with Gasteiger partial charge < -0.3 is 25.0 Å². The molecule has 2 heterocycles. The molecule has 0 spiro atoms. The van der Waals surface area contributed by atoms with Gasteiger partial charge in [-0.3, -0.25) is 14.4 Å². The first-order valence-electron chi connectivity index (χ1n) is 13.0. The van der Waals surface area contributed by atoms with Crippen LogP contribution in [-0.4, -0.2) is 60.5 Å². The second-order valence-corrected chi connectivity index (χ2v) is 11.0. The van der Waals surface area contributed by atoms with E-state index < -0.39 is 6.04 Å². The number of hydrogen-bond acceptors (Lipinski definition) is 5. The Balaban J connectivity index is 1.57. The number of hydrogen-bond donors (Lipinski definition) is 2. The molecule has 3 amide bonds. The summed E-state index contributed by atoms with van der Waals surface area (Å²) in [5.74, 6) is 0.822. The van der Waals surface area contributed by atoms with Gasteiger partial charge in [0, 0.05) is 24.9 Å². The van der Waals surface area contributed by atoms with Crippen molar-refractivity contribution in [1.29, 1.82) is 0 Å². The number of carbonyl (C=O) groups excluding carboxylic acids is 3. The predicted molar refractivity (Wildman–Crippen MR) is 140 cm³/mol. The number of benzene rings is 2. The number of nitrogens with one attached hydrogen (secondary N) is 2. The molecule has 8 nitrogen and oxygen atoms in total. The van der Waals surface area contributed by atoms with Gasteiger partial charge in [-0.2, -0.15) is 0 Å². The van der Waals surface area contributed by atoms with Crippen LogP contribution in [0.5, 0.6) is 11.5 Å². The lowest BCUT2D eigenvalue weighted by Crippen LogP contribution is -2.52. The SMILES string of the molecule is CC(C)(C)CC(=O)N[C@H]1CCCNC(=O)c2cccc(c2)OC[C@@H]2C[C@H](Oc3ccccc3)CN2C1=O. The molecule has 37 heavy (non-hydrogen) atoms. The molecule has 0 aromatic heterocycles. The van der Waals surface area contributed by atoms with Crippen LogP contribution in [-0.2, 0) is 9.59 Å². The van der Waals surface area contributed by atoms with Gasteiger partial charge in [0.25, 0.3) is 5.91 Å². The van der Waals surface area contributed by atoms with Crippen molar-refractivity contribution >= 4 is 17.7 Å².